The topological polar surface area (TPSA) is 78.9 Å². The molecular formula is C77H134O6. The zero-order chi connectivity index (χ0) is 59.9. The molecule has 0 N–H and O–H groups in total. The Morgan fingerprint density at radius 2 is 0.470 bits per heavy atom. The Balaban J connectivity index is 4.34. The van der Waals surface area contributed by atoms with Crippen molar-refractivity contribution in [3.8, 4) is 0 Å². The summed E-state index contributed by atoms with van der Waals surface area (Å²) < 4.78 is 17.0. The summed E-state index contributed by atoms with van der Waals surface area (Å²) in [5, 5.41) is 0. The molecule has 0 heterocycles. The van der Waals surface area contributed by atoms with Gasteiger partial charge in [0.1, 0.15) is 13.2 Å². The zero-order valence-corrected chi connectivity index (χ0v) is 54.9. The predicted octanol–water partition coefficient (Wildman–Crippen LogP) is 24.8. The largest absolute Gasteiger partial charge is 0.462 e. The zero-order valence-electron chi connectivity index (χ0n) is 54.9. The van der Waals surface area contributed by atoms with E-state index in [4.69, 9.17) is 14.2 Å². The number of hydrogen-bond donors (Lipinski definition) is 0. The van der Waals surface area contributed by atoms with E-state index in [-0.39, 0.29) is 31.1 Å². The summed E-state index contributed by atoms with van der Waals surface area (Å²) in [7, 11) is 0. The normalized spacial score (nSPS) is 12.7. The van der Waals surface area contributed by atoms with Gasteiger partial charge in [0, 0.05) is 19.3 Å². The van der Waals surface area contributed by atoms with E-state index >= 15 is 0 Å². The van der Waals surface area contributed by atoms with Gasteiger partial charge in [0.25, 0.3) is 0 Å². The molecule has 0 aromatic carbocycles. The second kappa shape index (κ2) is 70.8. The number of allylic oxidation sites excluding steroid dienone is 16. The van der Waals surface area contributed by atoms with Crippen LogP contribution in [0.3, 0.4) is 0 Å². The first-order valence-electron chi connectivity index (χ1n) is 35.7. The molecule has 478 valence electrons. The molecular weight excluding hydrogens is 1020 g/mol. The lowest BCUT2D eigenvalue weighted by molar-refractivity contribution is -0.167. The van der Waals surface area contributed by atoms with Gasteiger partial charge in [-0.2, -0.15) is 0 Å². The van der Waals surface area contributed by atoms with Crippen molar-refractivity contribution in [2.24, 2.45) is 0 Å². The summed E-state index contributed by atoms with van der Waals surface area (Å²) in [6, 6.07) is 0. The highest BCUT2D eigenvalue weighted by Crippen LogP contribution is 2.17. The summed E-state index contributed by atoms with van der Waals surface area (Å²) in [4.78, 5) is 38.5. The number of ether oxygens (including phenoxy) is 3. The monoisotopic (exact) mass is 1160 g/mol. The molecule has 0 bridgehead atoms. The van der Waals surface area contributed by atoms with Gasteiger partial charge in [0.15, 0.2) is 6.10 Å². The van der Waals surface area contributed by atoms with Crippen LogP contribution in [0, 0.1) is 0 Å². The maximum atomic E-state index is 13.0. The van der Waals surface area contributed by atoms with Crippen LogP contribution in [0.4, 0.5) is 0 Å². The van der Waals surface area contributed by atoms with Gasteiger partial charge in [-0.15, -0.1) is 0 Å². The summed E-state index contributed by atoms with van der Waals surface area (Å²) in [6.45, 7) is 6.56. The fourth-order valence-corrected chi connectivity index (χ4v) is 10.2. The Kier molecular flexibility index (Phi) is 67.7. The van der Waals surface area contributed by atoms with Gasteiger partial charge in [-0.25, -0.2) is 0 Å². The number of carbonyl (C=O) groups is 3. The summed E-state index contributed by atoms with van der Waals surface area (Å²) in [5.41, 5.74) is 0. The Morgan fingerprint density at radius 1 is 0.253 bits per heavy atom. The van der Waals surface area contributed by atoms with Crippen molar-refractivity contribution >= 4 is 17.9 Å². The molecule has 0 saturated carbocycles. The number of rotatable bonds is 65. The van der Waals surface area contributed by atoms with Crippen LogP contribution >= 0.6 is 0 Å². The number of unbranched alkanes of at least 4 members (excludes halogenated alkanes) is 38. The molecule has 0 saturated heterocycles. The predicted molar refractivity (Wildman–Crippen MR) is 362 cm³/mol. The molecule has 0 aromatic rings. The molecule has 0 amide bonds. The molecule has 1 atom stereocenters. The minimum absolute atomic E-state index is 0.0818. The third-order valence-electron chi connectivity index (χ3n) is 15.6. The first kappa shape index (κ1) is 79.3. The van der Waals surface area contributed by atoms with Gasteiger partial charge in [0.2, 0.25) is 0 Å². The first-order valence-corrected chi connectivity index (χ1v) is 35.7. The van der Waals surface area contributed by atoms with Crippen LogP contribution in [0.25, 0.3) is 0 Å². The minimum atomic E-state index is -0.786. The van der Waals surface area contributed by atoms with Crippen molar-refractivity contribution in [2.75, 3.05) is 13.2 Å². The third kappa shape index (κ3) is 69.0. The van der Waals surface area contributed by atoms with E-state index in [0.29, 0.717) is 19.3 Å². The van der Waals surface area contributed by atoms with Crippen LogP contribution in [-0.2, 0) is 28.6 Å². The molecule has 0 aliphatic carbocycles. The lowest BCUT2D eigenvalue weighted by Crippen LogP contribution is -2.30. The Bertz CT molecular complexity index is 1610. The average Bonchev–Trinajstić information content (AvgIpc) is 3.49. The first-order chi connectivity index (χ1) is 41.0. The lowest BCUT2D eigenvalue weighted by Gasteiger charge is -2.18. The summed E-state index contributed by atoms with van der Waals surface area (Å²) in [6.07, 6.45) is 95.7. The van der Waals surface area contributed by atoms with Crippen LogP contribution < -0.4 is 0 Å². The highest BCUT2D eigenvalue weighted by molar-refractivity contribution is 5.71. The SMILES string of the molecule is CC/C=C\C/C=C\C/C=C\C/C=C\C/C=C\C/C=C\C/C=C\CCCCCCCCCC(=O)OCC(COC(=O)CCCCCCC/C=C\CCCCCCCC)OC(=O)CCCCCCCCCCCCCCCCCCCCCCC. The van der Waals surface area contributed by atoms with E-state index in [1.54, 1.807) is 0 Å². The molecule has 0 aliphatic heterocycles. The Labute approximate surface area is 515 Å². The molecule has 0 radical (unpaired) electrons. The van der Waals surface area contributed by atoms with Gasteiger partial charge in [-0.1, -0.05) is 330 Å². The number of hydrogen-bond acceptors (Lipinski definition) is 6. The smallest absolute Gasteiger partial charge is 0.306 e. The molecule has 6 heteroatoms. The molecule has 0 spiro atoms. The standard InChI is InChI=1S/C77H134O6/c1-4-7-10-13-16-19-22-25-28-30-32-34-35-36-37-38-39-40-41-43-44-46-49-52-55-58-61-64-67-70-76(79)82-73-74(72-81-75(78)69-66-63-60-57-54-51-48-27-24-21-18-15-12-9-6-3)83-77(80)71-68-65-62-59-56-53-50-47-45-42-33-31-29-26-23-20-17-14-11-8-5-2/h7,10,16,19,25,27-28,32,34,36-37,39-40,43-44,48,74H,4-6,8-9,11-15,17-18,20-24,26,29-31,33,35,38,41-42,45-47,49-73H2,1-3H3/b10-7-,19-16-,28-25-,34-32-,37-36-,40-39-,44-43-,48-27-. The van der Waals surface area contributed by atoms with Crippen LogP contribution in [-0.4, -0.2) is 37.2 Å². The fourth-order valence-electron chi connectivity index (χ4n) is 10.2. The van der Waals surface area contributed by atoms with Crippen LogP contribution in [0.5, 0.6) is 0 Å². The van der Waals surface area contributed by atoms with E-state index in [0.717, 1.165) is 116 Å². The summed E-state index contributed by atoms with van der Waals surface area (Å²) >= 11 is 0. The molecule has 1 unspecified atom stereocenters. The minimum Gasteiger partial charge on any atom is -0.462 e. The maximum Gasteiger partial charge on any atom is 0.306 e. The van der Waals surface area contributed by atoms with Crippen molar-refractivity contribution < 1.29 is 28.6 Å². The maximum absolute atomic E-state index is 13.0. The molecule has 83 heavy (non-hydrogen) atoms. The second-order valence-corrected chi connectivity index (χ2v) is 23.8. The van der Waals surface area contributed by atoms with Crippen LogP contribution in [0.15, 0.2) is 97.2 Å². The fraction of sp³-hybridized carbons (Fsp3) is 0.753. The molecule has 0 fully saturated rings. The van der Waals surface area contributed by atoms with Gasteiger partial charge in [-0.3, -0.25) is 14.4 Å². The van der Waals surface area contributed by atoms with Gasteiger partial charge in [-0.05, 0) is 103 Å². The van der Waals surface area contributed by atoms with E-state index in [2.05, 4.69) is 118 Å². The van der Waals surface area contributed by atoms with Crippen LogP contribution in [0.1, 0.15) is 355 Å². The van der Waals surface area contributed by atoms with Crippen molar-refractivity contribution in [3.63, 3.8) is 0 Å². The van der Waals surface area contributed by atoms with Gasteiger partial charge >= 0.3 is 17.9 Å². The van der Waals surface area contributed by atoms with E-state index in [9.17, 15) is 14.4 Å². The average molecular weight is 1160 g/mol. The molecule has 0 aromatic heterocycles. The second-order valence-electron chi connectivity index (χ2n) is 23.8. The third-order valence-corrected chi connectivity index (χ3v) is 15.6. The highest BCUT2D eigenvalue weighted by atomic mass is 16.6. The number of esters is 3. The van der Waals surface area contributed by atoms with E-state index in [1.807, 2.05) is 0 Å². The van der Waals surface area contributed by atoms with Crippen molar-refractivity contribution in [1.29, 1.82) is 0 Å². The van der Waals surface area contributed by atoms with Crippen LogP contribution in [0.2, 0.25) is 0 Å². The molecule has 0 rings (SSSR count). The van der Waals surface area contributed by atoms with Crippen molar-refractivity contribution in [1.82, 2.24) is 0 Å². The van der Waals surface area contributed by atoms with Gasteiger partial charge < -0.3 is 14.2 Å². The van der Waals surface area contributed by atoms with Crippen molar-refractivity contribution in [3.05, 3.63) is 97.2 Å². The highest BCUT2D eigenvalue weighted by Gasteiger charge is 2.19. The Morgan fingerprint density at radius 3 is 0.747 bits per heavy atom. The van der Waals surface area contributed by atoms with Crippen molar-refractivity contribution in [2.45, 2.75) is 361 Å². The van der Waals surface area contributed by atoms with E-state index < -0.39 is 6.10 Å². The lowest BCUT2D eigenvalue weighted by atomic mass is 10.0. The number of carbonyl (C=O) groups excluding carboxylic acids is 3. The van der Waals surface area contributed by atoms with E-state index in [1.165, 1.54) is 199 Å². The Hall–Kier alpha value is -3.67. The molecule has 0 aliphatic rings. The quantitative estimate of drug-likeness (QED) is 0.0261. The summed E-state index contributed by atoms with van der Waals surface area (Å²) in [5.74, 6) is -0.882. The van der Waals surface area contributed by atoms with Gasteiger partial charge in [0.05, 0.1) is 0 Å². The molecule has 6 nitrogen and oxygen atoms in total.